The van der Waals surface area contributed by atoms with E-state index >= 15 is 0 Å². The Kier molecular flexibility index (Phi) is 5.32. The van der Waals surface area contributed by atoms with Crippen molar-refractivity contribution in [1.29, 1.82) is 0 Å². The van der Waals surface area contributed by atoms with E-state index in [2.05, 4.69) is 60.2 Å². The van der Waals surface area contributed by atoms with E-state index in [4.69, 9.17) is 0 Å². The van der Waals surface area contributed by atoms with E-state index in [1.165, 1.54) is 47.8 Å². The van der Waals surface area contributed by atoms with Crippen LogP contribution in [0.15, 0.2) is 22.7 Å². The molecule has 0 spiro atoms. The second-order valence-corrected chi connectivity index (χ2v) is 7.29. The number of benzene rings is 1. The largest absolute Gasteiger partial charge is 0.382 e. The van der Waals surface area contributed by atoms with E-state index in [1.54, 1.807) is 0 Å². The van der Waals surface area contributed by atoms with Gasteiger partial charge in [0.25, 0.3) is 0 Å². The molecule has 2 atom stereocenters. The third-order valence-electron chi connectivity index (χ3n) is 4.37. The highest BCUT2D eigenvalue weighted by Gasteiger charge is 2.20. The normalized spacial score (nSPS) is 24.3. The molecule has 1 nitrogen and oxygen atoms in total. The summed E-state index contributed by atoms with van der Waals surface area (Å²) in [6, 6.07) is 7.25. The topological polar surface area (TPSA) is 12.0 Å². The predicted octanol–water partition coefficient (Wildman–Crippen LogP) is 5.77. The summed E-state index contributed by atoms with van der Waals surface area (Å²) in [7, 11) is 0. The molecule has 0 amide bonds. The van der Waals surface area contributed by atoms with Crippen molar-refractivity contribution in [2.24, 2.45) is 11.8 Å². The van der Waals surface area contributed by atoms with Crippen molar-refractivity contribution in [3.8, 4) is 0 Å². The first-order chi connectivity index (χ1) is 9.04. The van der Waals surface area contributed by atoms with Crippen LogP contribution in [0.3, 0.4) is 0 Å². The van der Waals surface area contributed by atoms with Gasteiger partial charge in [0.2, 0.25) is 0 Å². The molecule has 0 radical (unpaired) electrons. The number of hydrogen-bond acceptors (Lipinski definition) is 1. The first-order valence-corrected chi connectivity index (χ1v) is 8.37. The molecule has 0 bridgehead atoms. The Morgan fingerprint density at radius 1 is 1.11 bits per heavy atom. The summed E-state index contributed by atoms with van der Waals surface area (Å²) in [5, 5.41) is 3.73. The highest BCUT2D eigenvalue weighted by molar-refractivity contribution is 9.10. The molecule has 1 aliphatic carbocycles. The predicted molar refractivity (Wildman–Crippen MR) is 87.7 cm³/mol. The van der Waals surface area contributed by atoms with Crippen LogP contribution in [0, 0.1) is 18.8 Å². The molecule has 1 aromatic rings. The van der Waals surface area contributed by atoms with Crippen LogP contribution in [-0.4, -0.2) is 6.04 Å². The lowest BCUT2D eigenvalue weighted by molar-refractivity contribution is 0.341. The summed E-state index contributed by atoms with van der Waals surface area (Å²) in [6.45, 7) is 6.89. The van der Waals surface area contributed by atoms with Gasteiger partial charge in [-0.2, -0.15) is 0 Å². The minimum absolute atomic E-state index is 0.650. The van der Waals surface area contributed by atoms with Gasteiger partial charge in [-0.1, -0.05) is 42.6 Å². The lowest BCUT2D eigenvalue weighted by atomic mass is 9.89. The molecule has 0 aromatic heterocycles. The van der Waals surface area contributed by atoms with Crippen molar-refractivity contribution in [3.63, 3.8) is 0 Å². The van der Waals surface area contributed by atoms with E-state index < -0.39 is 0 Å². The number of halogens is 1. The van der Waals surface area contributed by atoms with E-state index in [9.17, 15) is 0 Å². The van der Waals surface area contributed by atoms with Gasteiger partial charge in [0.05, 0.1) is 0 Å². The monoisotopic (exact) mass is 323 g/mol. The average Bonchev–Trinajstić information content (AvgIpc) is 2.53. The first kappa shape index (κ1) is 14.9. The van der Waals surface area contributed by atoms with Crippen LogP contribution in [0.4, 0.5) is 5.69 Å². The summed E-state index contributed by atoms with van der Waals surface area (Å²) < 4.78 is 1.17. The lowest BCUT2D eigenvalue weighted by Crippen LogP contribution is -2.18. The van der Waals surface area contributed by atoms with Crippen LogP contribution in [0.1, 0.15) is 51.5 Å². The number of nitrogens with one attached hydrogen (secondary N) is 1. The van der Waals surface area contributed by atoms with Crippen LogP contribution < -0.4 is 5.32 Å². The van der Waals surface area contributed by atoms with Crippen LogP contribution in [-0.2, 0) is 0 Å². The standard InChI is InChI=1S/C17H26BrN/c1-12(2)14-5-4-6-16(8-7-14)19-17-10-13(3)9-15(18)11-17/h9-12,14,16,19H,4-8H2,1-3H3. The van der Waals surface area contributed by atoms with Gasteiger partial charge in [-0.05, 0) is 61.8 Å². The molecule has 1 N–H and O–H groups in total. The van der Waals surface area contributed by atoms with Crippen LogP contribution in [0.2, 0.25) is 0 Å². The second-order valence-electron chi connectivity index (χ2n) is 6.37. The Morgan fingerprint density at radius 2 is 1.89 bits per heavy atom. The van der Waals surface area contributed by atoms with Gasteiger partial charge >= 0.3 is 0 Å². The summed E-state index contributed by atoms with van der Waals surface area (Å²) in [6.07, 6.45) is 6.78. The average molecular weight is 324 g/mol. The zero-order valence-corrected chi connectivity index (χ0v) is 14.0. The van der Waals surface area contributed by atoms with Crippen molar-refractivity contribution in [2.45, 2.75) is 58.9 Å². The second kappa shape index (κ2) is 6.78. The smallest absolute Gasteiger partial charge is 0.0356 e. The Balaban J connectivity index is 1.95. The summed E-state index contributed by atoms with van der Waals surface area (Å²) in [4.78, 5) is 0. The fourth-order valence-corrected chi connectivity index (χ4v) is 3.80. The molecule has 2 rings (SSSR count). The number of rotatable bonds is 3. The van der Waals surface area contributed by atoms with Crippen LogP contribution >= 0.6 is 15.9 Å². The molecule has 1 saturated carbocycles. The van der Waals surface area contributed by atoms with Gasteiger partial charge in [-0.3, -0.25) is 0 Å². The summed E-state index contributed by atoms with van der Waals surface area (Å²) in [5.41, 5.74) is 2.57. The Labute approximate surface area is 126 Å². The van der Waals surface area contributed by atoms with Crippen LogP contribution in [0.5, 0.6) is 0 Å². The Bertz CT molecular complexity index is 393. The molecule has 19 heavy (non-hydrogen) atoms. The van der Waals surface area contributed by atoms with Crippen LogP contribution in [0.25, 0.3) is 0 Å². The maximum Gasteiger partial charge on any atom is 0.0356 e. The molecule has 1 fully saturated rings. The fourth-order valence-electron chi connectivity index (χ4n) is 3.20. The van der Waals surface area contributed by atoms with Crippen molar-refractivity contribution < 1.29 is 0 Å². The molecule has 0 saturated heterocycles. The number of aryl methyl sites for hydroxylation is 1. The third-order valence-corrected chi connectivity index (χ3v) is 4.83. The minimum Gasteiger partial charge on any atom is -0.382 e. The van der Waals surface area contributed by atoms with Crippen molar-refractivity contribution in [1.82, 2.24) is 0 Å². The molecule has 1 aromatic carbocycles. The maximum absolute atomic E-state index is 3.73. The molecule has 1 aliphatic rings. The number of anilines is 1. The van der Waals surface area contributed by atoms with Gasteiger partial charge < -0.3 is 5.32 Å². The van der Waals surface area contributed by atoms with Crippen molar-refractivity contribution in [2.75, 3.05) is 5.32 Å². The minimum atomic E-state index is 0.650. The lowest BCUT2D eigenvalue weighted by Gasteiger charge is -2.20. The molecule has 106 valence electrons. The van der Waals surface area contributed by atoms with E-state index in [1.807, 2.05) is 0 Å². The zero-order chi connectivity index (χ0) is 13.8. The molecule has 0 heterocycles. The first-order valence-electron chi connectivity index (χ1n) is 7.58. The fraction of sp³-hybridized carbons (Fsp3) is 0.647. The van der Waals surface area contributed by atoms with Gasteiger partial charge in [0, 0.05) is 16.2 Å². The summed E-state index contributed by atoms with van der Waals surface area (Å²) >= 11 is 3.58. The summed E-state index contributed by atoms with van der Waals surface area (Å²) in [5.74, 6) is 1.77. The van der Waals surface area contributed by atoms with Crippen molar-refractivity contribution in [3.05, 3.63) is 28.2 Å². The quantitative estimate of drug-likeness (QED) is 0.696. The van der Waals surface area contributed by atoms with E-state index in [0.717, 1.165) is 11.8 Å². The van der Waals surface area contributed by atoms with Gasteiger partial charge in [-0.25, -0.2) is 0 Å². The third kappa shape index (κ3) is 4.52. The maximum atomic E-state index is 3.73. The molecule has 2 unspecified atom stereocenters. The molecular weight excluding hydrogens is 298 g/mol. The van der Waals surface area contributed by atoms with E-state index in [-0.39, 0.29) is 0 Å². The van der Waals surface area contributed by atoms with Gasteiger partial charge in [0.1, 0.15) is 0 Å². The van der Waals surface area contributed by atoms with Gasteiger partial charge in [-0.15, -0.1) is 0 Å². The molecular formula is C17H26BrN. The highest BCUT2D eigenvalue weighted by Crippen LogP contribution is 2.30. The Hall–Kier alpha value is -0.500. The Morgan fingerprint density at radius 3 is 2.58 bits per heavy atom. The van der Waals surface area contributed by atoms with E-state index in [0.29, 0.717) is 6.04 Å². The number of hydrogen-bond donors (Lipinski definition) is 1. The molecule has 2 heteroatoms. The highest BCUT2D eigenvalue weighted by atomic mass is 79.9. The van der Waals surface area contributed by atoms with Crippen molar-refractivity contribution >= 4 is 21.6 Å². The van der Waals surface area contributed by atoms with Gasteiger partial charge in [0.15, 0.2) is 0 Å². The molecule has 0 aliphatic heterocycles. The SMILES string of the molecule is Cc1cc(Br)cc(NC2CCCC(C(C)C)CC2)c1. The zero-order valence-electron chi connectivity index (χ0n) is 12.4.